The SMILES string of the molecule is CCOCCCOC(=O)c1ccc(Cl)c(N)c1. The van der Waals surface area contributed by atoms with Crippen molar-refractivity contribution < 1.29 is 14.3 Å². The molecule has 0 aliphatic heterocycles. The van der Waals surface area contributed by atoms with E-state index in [1.54, 1.807) is 12.1 Å². The fourth-order valence-electron chi connectivity index (χ4n) is 1.22. The third-order valence-electron chi connectivity index (χ3n) is 2.10. The van der Waals surface area contributed by atoms with Crippen LogP contribution in [0.2, 0.25) is 5.02 Å². The first kappa shape index (κ1) is 13.8. The maximum Gasteiger partial charge on any atom is 0.338 e. The van der Waals surface area contributed by atoms with Gasteiger partial charge in [0, 0.05) is 19.6 Å². The van der Waals surface area contributed by atoms with Crippen LogP contribution in [0.15, 0.2) is 18.2 Å². The van der Waals surface area contributed by atoms with Gasteiger partial charge in [-0.15, -0.1) is 0 Å². The van der Waals surface area contributed by atoms with Crippen LogP contribution in [0, 0.1) is 0 Å². The highest BCUT2D eigenvalue weighted by Crippen LogP contribution is 2.19. The number of anilines is 1. The summed E-state index contributed by atoms with van der Waals surface area (Å²) < 4.78 is 10.2. The Kier molecular flexibility index (Phi) is 5.80. The van der Waals surface area contributed by atoms with Crippen molar-refractivity contribution in [2.24, 2.45) is 0 Å². The lowest BCUT2D eigenvalue weighted by atomic mass is 10.2. The number of esters is 1. The molecule has 4 nitrogen and oxygen atoms in total. The zero-order chi connectivity index (χ0) is 12.7. The minimum Gasteiger partial charge on any atom is -0.462 e. The van der Waals surface area contributed by atoms with Crippen LogP contribution in [-0.2, 0) is 9.47 Å². The molecule has 0 saturated heterocycles. The van der Waals surface area contributed by atoms with E-state index in [9.17, 15) is 4.79 Å². The Labute approximate surface area is 106 Å². The van der Waals surface area contributed by atoms with Gasteiger partial charge in [0.2, 0.25) is 0 Å². The molecule has 0 aliphatic rings. The summed E-state index contributed by atoms with van der Waals surface area (Å²) in [4.78, 5) is 11.6. The molecule has 0 atom stereocenters. The fourth-order valence-corrected chi connectivity index (χ4v) is 1.34. The molecule has 94 valence electrons. The van der Waals surface area contributed by atoms with Gasteiger partial charge in [-0.3, -0.25) is 0 Å². The van der Waals surface area contributed by atoms with Gasteiger partial charge in [-0.1, -0.05) is 11.6 Å². The highest BCUT2D eigenvalue weighted by Gasteiger charge is 2.08. The molecule has 0 aliphatic carbocycles. The van der Waals surface area contributed by atoms with Crippen LogP contribution in [0.25, 0.3) is 0 Å². The maximum atomic E-state index is 11.6. The topological polar surface area (TPSA) is 61.5 Å². The van der Waals surface area contributed by atoms with Crippen LogP contribution >= 0.6 is 11.6 Å². The minimum atomic E-state index is -0.398. The number of halogens is 1. The van der Waals surface area contributed by atoms with Crippen molar-refractivity contribution in [3.05, 3.63) is 28.8 Å². The predicted molar refractivity (Wildman–Crippen MR) is 67.3 cm³/mol. The molecule has 2 N–H and O–H groups in total. The Hall–Kier alpha value is -1.26. The van der Waals surface area contributed by atoms with Gasteiger partial charge in [0.1, 0.15) is 0 Å². The number of nitrogens with two attached hydrogens (primary N) is 1. The molecule has 1 aromatic carbocycles. The second-order valence-corrected chi connectivity index (χ2v) is 3.83. The molecule has 0 bridgehead atoms. The van der Waals surface area contributed by atoms with Crippen LogP contribution in [0.1, 0.15) is 23.7 Å². The van der Waals surface area contributed by atoms with Crippen LogP contribution in [0.5, 0.6) is 0 Å². The molecular weight excluding hydrogens is 242 g/mol. The van der Waals surface area contributed by atoms with E-state index in [0.29, 0.717) is 42.5 Å². The van der Waals surface area contributed by atoms with Gasteiger partial charge in [-0.2, -0.15) is 0 Å². The summed E-state index contributed by atoms with van der Waals surface area (Å²) in [7, 11) is 0. The van der Waals surface area contributed by atoms with E-state index in [2.05, 4.69) is 0 Å². The second kappa shape index (κ2) is 7.14. The third-order valence-corrected chi connectivity index (χ3v) is 2.45. The summed E-state index contributed by atoms with van der Waals surface area (Å²) in [6.45, 7) is 3.51. The predicted octanol–water partition coefficient (Wildman–Crippen LogP) is 2.51. The average molecular weight is 258 g/mol. The number of hydrogen-bond donors (Lipinski definition) is 1. The maximum absolute atomic E-state index is 11.6. The third kappa shape index (κ3) is 4.63. The number of ether oxygens (including phenoxy) is 2. The molecule has 0 aromatic heterocycles. The number of carbonyl (C=O) groups is 1. The van der Waals surface area contributed by atoms with Crippen molar-refractivity contribution in [3.8, 4) is 0 Å². The van der Waals surface area contributed by atoms with Crippen molar-refractivity contribution >= 4 is 23.3 Å². The lowest BCUT2D eigenvalue weighted by Gasteiger charge is -2.06. The Morgan fingerprint density at radius 3 is 2.82 bits per heavy atom. The van der Waals surface area contributed by atoms with Gasteiger partial charge in [-0.25, -0.2) is 4.79 Å². The van der Waals surface area contributed by atoms with E-state index in [1.165, 1.54) is 6.07 Å². The summed E-state index contributed by atoms with van der Waals surface area (Å²) in [6, 6.07) is 4.67. The molecule has 0 heterocycles. The first-order valence-electron chi connectivity index (χ1n) is 5.45. The second-order valence-electron chi connectivity index (χ2n) is 3.42. The first-order valence-corrected chi connectivity index (χ1v) is 5.83. The van der Waals surface area contributed by atoms with Crippen molar-refractivity contribution in [2.75, 3.05) is 25.6 Å². The van der Waals surface area contributed by atoms with Crippen molar-refractivity contribution in [2.45, 2.75) is 13.3 Å². The van der Waals surface area contributed by atoms with Crippen molar-refractivity contribution in [1.82, 2.24) is 0 Å². The van der Waals surface area contributed by atoms with Crippen LogP contribution in [-0.4, -0.2) is 25.8 Å². The molecule has 1 aromatic rings. The van der Waals surface area contributed by atoms with Gasteiger partial charge in [0.05, 0.1) is 22.9 Å². The monoisotopic (exact) mass is 257 g/mol. The molecule has 1 rings (SSSR count). The largest absolute Gasteiger partial charge is 0.462 e. The van der Waals surface area contributed by atoms with Crippen LogP contribution in [0.4, 0.5) is 5.69 Å². The minimum absolute atomic E-state index is 0.335. The summed E-state index contributed by atoms with van der Waals surface area (Å²) in [5.74, 6) is -0.398. The quantitative estimate of drug-likeness (QED) is 0.483. The van der Waals surface area contributed by atoms with Gasteiger partial charge >= 0.3 is 5.97 Å². The van der Waals surface area contributed by atoms with Crippen molar-refractivity contribution in [1.29, 1.82) is 0 Å². The number of hydrogen-bond acceptors (Lipinski definition) is 4. The van der Waals surface area contributed by atoms with Crippen LogP contribution < -0.4 is 5.73 Å². The Bertz CT molecular complexity index is 382. The summed E-state index contributed by atoms with van der Waals surface area (Å²) in [5, 5.41) is 0.429. The van der Waals surface area contributed by atoms with Gasteiger partial charge in [-0.05, 0) is 25.1 Å². The van der Waals surface area contributed by atoms with Gasteiger partial charge in [0.15, 0.2) is 0 Å². The fraction of sp³-hybridized carbons (Fsp3) is 0.417. The van der Waals surface area contributed by atoms with E-state index in [-0.39, 0.29) is 0 Å². The smallest absolute Gasteiger partial charge is 0.338 e. The summed E-state index contributed by atoms with van der Waals surface area (Å²) in [5.41, 5.74) is 6.37. The lowest BCUT2D eigenvalue weighted by Crippen LogP contribution is -2.08. The van der Waals surface area contributed by atoms with Gasteiger partial charge in [0.25, 0.3) is 0 Å². The summed E-state index contributed by atoms with van der Waals surface area (Å²) >= 11 is 5.75. The molecule has 0 radical (unpaired) electrons. The molecule has 0 amide bonds. The molecule has 0 unspecified atom stereocenters. The number of nitrogen functional groups attached to an aromatic ring is 1. The molecule has 5 heteroatoms. The molecule has 0 spiro atoms. The first-order chi connectivity index (χ1) is 8.15. The zero-order valence-electron chi connectivity index (χ0n) is 9.74. The molecule has 17 heavy (non-hydrogen) atoms. The number of carbonyl (C=O) groups excluding carboxylic acids is 1. The Morgan fingerprint density at radius 1 is 1.41 bits per heavy atom. The van der Waals surface area contributed by atoms with E-state index < -0.39 is 5.97 Å². The zero-order valence-corrected chi connectivity index (χ0v) is 10.5. The number of rotatable bonds is 6. The van der Waals surface area contributed by atoms with E-state index >= 15 is 0 Å². The highest BCUT2D eigenvalue weighted by molar-refractivity contribution is 6.33. The number of benzene rings is 1. The average Bonchev–Trinajstić information content (AvgIpc) is 2.32. The summed E-state index contributed by atoms with van der Waals surface area (Å²) in [6.07, 6.45) is 0.683. The molecule has 0 saturated carbocycles. The van der Waals surface area contributed by atoms with E-state index in [0.717, 1.165) is 0 Å². The normalized spacial score (nSPS) is 10.2. The highest BCUT2D eigenvalue weighted by atomic mass is 35.5. The Balaban J connectivity index is 2.39. The lowest BCUT2D eigenvalue weighted by molar-refractivity contribution is 0.0452. The van der Waals surface area contributed by atoms with Crippen LogP contribution in [0.3, 0.4) is 0 Å². The van der Waals surface area contributed by atoms with Crippen molar-refractivity contribution in [3.63, 3.8) is 0 Å². The van der Waals surface area contributed by atoms with E-state index in [4.69, 9.17) is 26.8 Å². The van der Waals surface area contributed by atoms with Gasteiger partial charge < -0.3 is 15.2 Å². The Morgan fingerprint density at radius 2 is 2.18 bits per heavy atom. The standard InChI is InChI=1S/C12H16ClNO3/c1-2-16-6-3-7-17-12(15)9-4-5-10(13)11(14)8-9/h4-5,8H,2-3,6-7,14H2,1H3. The molecular formula is C12H16ClNO3. The molecule has 0 fully saturated rings. The van der Waals surface area contributed by atoms with E-state index in [1.807, 2.05) is 6.92 Å².